The molecule has 0 spiro atoms. The first-order chi connectivity index (χ1) is 17.0. The molecule has 36 heavy (non-hydrogen) atoms. The van der Waals surface area contributed by atoms with Crippen LogP contribution in [0.2, 0.25) is 0 Å². The number of carboxylic acids is 1. The van der Waals surface area contributed by atoms with E-state index in [0.717, 1.165) is 16.8 Å². The van der Waals surface area contributed by atoms with E-state index in [1.54, 1.807) is 24.3 Å². The van der Waals surface area contributed by atoms with Crippen molar-refractivity contribution in [1.29, 1.82) is 0 Å². The summed E-state index contributed by atoms with van der Waals surface area (Å²) in [5, 5.41) is 30.8. The minimum atomic E-state index is -4.85. The van der Waals surface area contributed by atoms with Crippen molar-refractivity contribution in [2.75, 3.05) is 0 Å². The van der Waals surface area contributed by atoms with Gasteiger partial charge in [0.1, 0.15) is 11.5 Å². The van der Waals surface area contributed by atoms with E-state index in [0.29, 0.717) is 11.1 Å². The molecule has 4 rings (SSSR count). The van der Waals surface area contributed by atoms with Gasteiger partial charge in [-0.1, -0.05) is 30.4 Å². The summed E-state index contributed by atoms with van der Waals surface area (Å²) in [6.45, 7) is 1.52. The number of allylic oxidation sites excluding steroid dienone is 2. The number of aliphatic carboxylic acids is 1. The number of halogens is 3. The van der Waals surface area contributed by atoms with E-state index in [1.165, 1.54) is 37.3 Å². The van der Waals surface area contributed by atoms with Crippen molar-refractivity contribution < 1.29 is 32.9 Å². The summed E-state index contributed by atoms with van der Waals surface area (Å²) >= 11 is 0. The molecule has 0 fully saturated rings. The first kappa shape index (κ1) is 24.5. The van der Waals surface area contributed by atoms with Crippen molar-refractivity contribution in [3.63, 3.8) is 0 Å². The summed E-state index contributed by atoms with van der Waals surface area (Å²) in [6.07, 6.45) is -0.491. The number of ether oxygens (including phenoxy) is 1. The molecular formula is C24H19F3N4O5. The van der Waals surface area contributed by atoms with Gasteiger partial charge < -0.3 is 14.9 Å². The maximum Gasteiger partial charge on any atom is 0.573 e. The molecule has 2 aromatic carbocycles. The van der Waals surface area contributed by atoms with E-state index in [-0.39, 0.29) is 29.2 Å². The van der Waals surface area contributed by atoms with Gasteiger partial charge in [-0.05, 0) is 48.9 Å². The quantitative estimate of drug-likeness (QED) is 0.409. The third-order valence-corrected chi connectivity index (χ3v) is 5.45. The smallest absolute Gasteiger partial charge is 0.507 e. The molecule has 0 amide bonds. The van der Waals surface area contributed by atoms with Gasteiger partial charge in [0, 0.05) is 12.0 Å². The number of nitrogens with one attached hydrogen (secondary N) is 1. The molecule has 9 nitrogen and oxygen atoms in total. The number of phenols is 1. The molecule has 1 atom stereocenters. The van der Waals surface area contributed by atoms with Gasteiger partial charge >= 0.3 is 12.3 Å². The minimum Gasteiger partial charge on any atom is -0.507 e. The van der Waals surface area contributed by atoms with Gasteiger partial charge in [-0.15, -0.1) is 18.3 Å². The molecule has 1 heterocycles. The Morgan fingerprint density at radius 2 is 1.86 bits per heavy atom. The molecule has 1 aromatic heterocycles. The molecule has 12 heteroatoms. The van der Waals surface area contributed by atoms with E-state index in [1.807, 2.05) is 0 Å². The Labute approximate surface area is 201 Å². The summed E-state index contributed by atoms with van der Waals surface area (Å²) < 4.78 is 42.0. The summed E-state index contributed by atoms with van der Waals surface area (Å²) in [6, 6.07) is 11.0. The number of alkyl halides is 3. The van der Waals surface area contributed by atoms with Crippen LogP contribution in [0.1, 0.15) is 17.7 Å². The SMILES string of the molecule is Cc1[nH]n(-c2ccc(OC(F)(F)F)cc2)c(=O)c1N=NC1(C(=O)O)C=CC=C(c2ccccc2O)C1. The number of phenolic OH excluding ortho intramolecular Hbond substituents is 1. The first-order valence-electron chi connectivity index (χ1n) is 10.5. The predicted octanol–water partition coefficient (Wildman–Crippen LogP) is 5.03. The number of para-hydroxylation sites is 1. The van der Waals surface area contributed by atoms with Gasteiger partial charge in [0.25, 0.3) is 5.56 Å². The number of hydrogen-bond acceptors (Lipinski definition) is 6. The van der Waals surface area contributed by atoms with E-state index in [9.17, 15) is 33.0 Å². The summed E-state index contributed by atoms with van der Waals surface area (Å²) in [4.78, 5) is 25.1. The second-order valence-corrected chi connectivity index (χ2v) is 7.94. The third-order valence-electron chi connectivity index (χ3n) is 5.45. The molecule has 1 unspecified atom stereocenters. The van der Waals surface area contributed by atoms with Crippen LogP contribution in [-0.4, -0.2) is 37.9 Å². The Morgan fingerprint density at radius 1 is 1.17 bits per heavy atom. The standard InChI is InChI=1S/C24H19F3N4O5/c1-14-20(21(33)31(29-14)16-8-10-17(11-9-16)36-24(25,26)27)28-30-23(22(34)35)12-4-5-15(13-23)18-6-2-3-7-19(18)32/h2-12,29,32H,13H2,1H3,(H,34,35). The van der Waals surface area contributed by atoms with Crippen LogP contribution in [-0.2, 0) is 4.79 Å². The topological polar surface area (TPSA) is 129 Å². The Kier molecular flexibility index (Phi) is 6.27. The van der Waals surface area contributed by atoms with Crippen molar-refractivity contribution in [3.05, 3.63) is 88.4 Å². The lowest BCUT2D eigenvalue weighted by Crippen LogP contribution is -2.35. The number of rotatable bonds is 6. The van der Waals surface area contributed by atoms with Crippen LogP contribution >= 0.6 is 0 Å². The molecule has 0 saturated carbocycles. The number of aryl methyl sites for hydroxylation is 1. The molecule has 0 radical (unpaired) electrons. The number of aromatic amines is 1. The summed E-state index contributed by atoms with van der Waals surface area (Å²) in [5.74, 6) is -1.79. The normalized spacial score (nSPS) is 17.8. The molecular weight excluding hydrogens is 481 g/mol. The second-order valence-electron chi connectivity index (χ2n) is 7.94. The number of carboxylic acid groups (broad SMARTS) is 1. The van der Waals surface area contributed by atoms with Crippen molar-refractivity contribution in [3.8, 4) is 17.2 Å². The molecule has 0 aliphatic heterocycles. The number of benzene rings is 2. The van der Waals surface area contributed by atoms with Crippen molar-refractivity contribution >= 4 is 17.2 Å². The van der Waals surface area contributed by atoms with Crippen molar-refractivity contribution in [1.82, 2.24) is 9.78 Å². The highest BCUT2D eigenvalue weighted by molar-refractivity contribution is 5.88. The first-order valence-corrected chi connectivity index (χ1v) is 10.5. The number of hydrogen-bond donors (Lipinski definition) is 3. The van der Waals surface area contributed by atoms with Gasteiger partial charge in [0.2, 0.25) is 5.54 Å². The van der Waals surface area contributed by atoms with Gasteiger partial charge in [0.05, 0.1) is 11.4 Å². The monoisotopic (exact) mass is 500 g/mol. The number of carbonyl (C=O) groups is 1. The number of azo groups is 1. The zero-order valence-corrected chi connectivity index (χ0v) is 18.7. The van der Waals surface area contributed by atoms with E-state index in [4.69, 9.17) is 0 Å². The number of H-pyrrole nitrogens is 1. The molecule has 0 saturated heterocycles. The van der Waals surface area contributed by atoms with Crippen LogP contribution in [0.25, 0.3) is 11.3 Å². The van der Waals surface area contributed by atoms with E-state index in [2.05, 4.69) is 20.1 Å². The highest BCUT2D eigenvalue weighted by Crippen LogP contribution is 2.37. The van der Waals surface area contributed by atoms with Crippen LogP contribution in [0.3, 0.4) is 0 Å². The summed E-state index contributed by atoms with van der Waals surface area (Å²) in [7, 11) is 0. The molecule has 3 N–H and O–H groups in total. The van der Waals surface area contributed by atoms with Crippen molar-refractivity contribution in [2.24, 2.45) is 10.2 Å². The highest BCUT2D eigenvalue weighted by atomic mass is 19.4. The van der Waals surface area contributed by atoms with Gasteiger partial charge in [-0.3, -0.25) is 9.89 Å². The lowest BCUT2D eigenvalue weighted by atomic mass is 9.84. The van der Waals surface area contributed by atoms with Crippen LogP contribution < -0.4 is 10.3 Å². The predicted molar refractivity (Wildman–Crippen MR) is 123 cm³/mol. The Balaban J connectivity index is 1.64. The lowest BCUT2D eigenvalue weighted by Gasteiger charge is -2.24. The highest BCUT2D eigenvalue weighted by Gasteiger charge is 2.39. The Bertz CT molecular complexity index is 1450. The zero-order valence-electron chi connectivity index (χ0n) is 18.7. The van der Waals surface area contributed by atoms with Crippen LogP contribution in [0.4, 0.5) is 18.9 Å². The fourth-order valence-corrected chi connectivity index (χ4v) is 3.69. The fraction of sp³-hybridized carbons (Fsp3) is 0.167. The average Bonchev–Trinajstić information content (AvgIpc) is 3.10. The Hall–Kier alpha value is -4.61. The molecule has 1 aliphatic carbocycles. The maximum absolute atomic E-state index is 12.9. The Morgan fingerprint density at radius 3 is 2.50 bits per heavy atom. The van der Waals surface area contributed by atoms with E-state index < -0.39 is 29.2 Å². The second kappa shape index (κ2) is 9.21. The van der Waals surface area contributed by atoms with E-state index >= 15 is 0 Å². The van der Waals surface area contributed by atoms with Crippen LogP contribution in [0, 0.1) is 6.92 Å². The van der Waals surface area contributed by atoms with Gasteiger partial charge in [0.15, 0.2) is 5.69 Å². The average molecular weight is 500 g/mol. The van der Waals surface area contributed by atoms with Gasteiger partial charge in [-0.25, -0.2) is 9.48 Å². The lowest BCUT2D eigenvalue weighted by molar-refractivity contribution is -0.274. The number of aromatic nitrogens is 2. The zero-order chi connectivity index (χ0) is 26.1. The van der Waals surface area contributed by atoms with Crippen LogP contribution in [0.5, 0.6) is 11.5 Å². The molecule has 186 valence electrons. The number of nitrogens with zero attached hydrogens (tertiary/aromatic N) is 3. The largest absolute Gasteiger partial charge is 0.573 e. The fourth-order valence-electron chi connectivity index (χ4n) is 3.69. The third kappa shape index (κ3) is 4.92. The molecule has 0 bridgehead atoms. The van der Waals surface area contributed by atoms with Gasteiger partial charge in [-0.2, -0.15) is 5.11 Å². The number of aromatic hydroxyl groups is 1. The maximum atomic E-state index is 12.9. The molecule has 3 aromatic rings. The summed E-state index contributed by atoms with van der Waals surface area (Å²) in [5.41, 5.74) is -1.26. The molecule has 1 aliphatic rings. The van der Waals surface area contributed by atoms with Crippen LogP contribution in [0.15, 0.2) is 81.8 Å². The minimum absolute atomic E-state index is 0.0219. The van der Waals surface area contributed by atoms with Crippen molar-refractivity contribution in [2.45, 2.75) is 25.2 Å².